The number of allylic oxidation sites excluding steroid dienone is 3. The predicted molar refractivity (Wildman–Crippen MR) is 477 cm³/mol. The second-order valence-corrected chi connectivity index (χ2v) is 36.1. The van der Waals surface area contributed by atoms with Gasteiger partial charge in [-0.1, -0.05) is 71.0 Å². The summed E-state index contributed by atoms with van der Waals surface area (Å²) in [6, 6.07) is 37.8. The van der Waals surface area contributed by atoms with Crippen molar-refractivity contribution in [3.05, 3.63) is 231 Å². The molecule has 6 saturated heterocycles. The average molecular weight is 1610 g/mol. The van der Waals surface area contributed by atoms with Gasteiger partial charge in [-0.15, -0.1) is 19.7 Å². The molecule has 12 aromatic rings. The van der Waals surface area contributed by atoms with Crippen LogP contribution in [0.1, 0.15) is 106 Å². The number of nitrogens with one attached hydrogen (secondary N) is 4. The minimum absolute atomic E-state index is 0.0191. The molecule has 21 rings (SSSR count). The topological polar surface area (TPSA) is 261 Å². The summed E-state index contributed by atoms with van der Waals surface area (Å²) in [5, 5.41) is 14.9. The van der Waals surface area contributed by atoms with Gasteiger partial charge in [0.1, 0.15) is 16.2 Å². The molecule has 0 saturated carbocycles. The van der Waals surface area contributed by atoms with E-state index in [9.17, 15) is 14.4 Å². The van der Waals surface area contributed by atoms with Crippen molar-refractivity contribution in [1.82, 2.24) is 88.1 Å². The largest absolute Gasteiger partial charge is 0.371 e. The summed E-state index contributed by atoms with van der Waals surface area (Å²) in [5.41, 5.74) is 14.7. The lowest BCUT2D eigenvalue weighted by Gasteiger charge is -2.31. The smallest absolute Gasteiger partial charge is 0.278 e. The van der Waals surface area contributed by atoms with Crippen molar-refractivity contribution in [3.63, 3.8) is 0 Å². The Morgan fingerprint density at radius 2 is 0.750 bits per heavy atom. The fourth-order valence-electron chi connectivity index (χ4n) is 20.6. The van der Waals surface area contributed by atoms with Crippen LogP contribution in [-0.4, -0.2) is 175 Å². The maximum atomic E-state index is 13.4. The lowest BCUT2D eigenvalue weighted by atomic mass is 9.76. The van der Waals surface area contributed by atoms with Gasteiger partial charge in [0.25, 0.3) is 16.7 Å². The fraction of sp³-hybridized carbons (Fsp3) is 0.419. The molecule has 3 aliphatic carbocycles. The number of rotatable bonds is 18. The van der Waals surface area contributed by atoms with Crippen LogP contribution in [0.3, 0.4) is 0 Å². The molecule has 9 aromatic heterocycles. The number of benzene rings is 3. The highest BCUT2D eigenvalue weighted by atomic mass is 16.1. The zero-order valence-corrected chi connectivity index (χ0v) is 70.0. The van der Waals surface area contributed by atoms with Crippen LogP contribution in [0, 0.1) is 35.5 Å². The van der Waals surface area contributed by atoms with Gasteiger partial charge in [0.05, 0.1) is 31.0 Å². The molecule has 27 nitrogen and oxygen atoms in total. The van der Waals surface area contributed by atoms with Crippen molar-refractivity contribution in [1.29, 1.82) is 0 Å². The van der Waals surface area contributed by atoms with Crippen LogP contribution in [-0.2, 0) is 49.7 Å². The van der Waals surface area contributed by atoms with Crippen LogP contribution in [0.15, 0.2) is 180 Å². The van der Waals surface area contributed by atoms with Gasteiger partial charge in [-0.25, -0.2) is 58.0 Å². The van der Waals surface area contributed by atoms with E-state index in [2.05, 4.69) is 220 Å². The average Bonchev–Trinajstić information content (AvgIpc) is 1.65. The van der Waals surface area contributed by atoms with Crippen LogP contribution < -0.4 is 52.6 Å². The summed E-state index contributed by atoms with van der Waals surface area (Å²) in [6.07, 6.45) is 18.7. The van der Waals surface area contributed by atoms with Crippen LogP contribution >= 0.6 is 0 Å². The Morgan fingerprint density at radius 1 is 0.417 bits per heavy atom. The molecule has 1 unspecified atom stereocenters. The van der Waals surface area contributed by atoms with Gasteiger partial charge >= 0.3 is 0 Å². The van der Waals surface area contributed by atoms with Gasteiger partial charge in [-0.3, -0.25) is 14.4 Å². The molecule has 27 heteroatoms. The van der Waals surface area contributed by atoms with Crippen LogP contribution in [0.4, 0.5) is 52.0 Å². The van der Waals surface area contributed by atoms with Gasteiger partial charge in [0, 0.05) is 148 Å². The standard InChI is InChI=1S/C32H38N8O.C31H36N8O.C30H34N8O/c1-5-15-39-30(41)26-16-33-31(34-24-9-11-25(12-10-24)38-19-22-17-37(4)18-23(22)20-38)36-29(26)40(39)27-13-8-21-7-6-14-32(2,3)28(21)35-27;1-4-14-38-29(40)25-17-33-30(34-23-8-10-24(11-9-23)37-18-21-15-32-16-22(21)19-37)36-28(25)39(38)26-12-7-20-6-5-13-31(2,3)27(20)35-26;1-4-13-37-29(39)25-14-31-30(34-28(25)38(37)26-12-7-20-6-5-19(2)27(20)33-26)32-23-8-10-24(11-9-23)36-17-21-15-35(3)16-22(21)18-36/h5,8-13,16,22-23H,1,6-7,14-15,17-20H2,2-4H3,(H,33,34,36);4,7-12,17,21-22,32H,1,5-6,13-16,18-19H2,2-3H3,(H,33,34,36);4,7-12,14,19,21-22H,1,5-6,13,15-18H2,2-3H3,(H,31,32,34)/t22-,23+;21-,22+;19?,21-,22+. The predicted octanol–water partition coefficient (Wildman–Crippen LogP) is 12.6. The molecule has 15 heterocycles. The number of anilines is 9. The van der Waals surface area contributed by atoms with E-state index in [1.807, 2.05) is 32.2 Å². The van der Waals surface area contributed by atoms with E-state index in [1.165, 1.54) is 59.9 Å². The van der Waals surface area contributed by atoms with Gasteiger partial charge in [0.15, 0.2) is 34.4 Å². The molecular formula is C93H108N24O3. The monoisotopic (exact) mass is 1610 g/mol. The van der Waals surface area contributed by atoms with Gasteiger partial charge in [0.2, 0.25) is 17.8 Å². The molecule has 6 aliphatic heterocycles. The van der Waals surface area contributed by atoms with Crippen LogP contribution in [0.5, 0.6) is 0 Å². The molecule has 120 heavy (non-hydrogen) atoms. The number of pyridine rings is 3. The quantitative estimate of drug-likeness (QED) is 0.0582. The minimum atomic E-state index is -0.157. The van der Waals surface area contributed by atoms with E-state index < -0.39 is 0 Å². The molecule has 3 aromatic carbocycles. The van der Waals surface area contributed by atoms with Crippen molar-refractivity contribution >= 4 is 85.1 Å². The first-order chi connectivity index (χ1) is 58.2. The number of hydrogen-bond donors (Lipinski definition) is 4. The van der Waals surface area contributed by atoms with Crippen molar-refractivity contribution in [2.75, 3.05) is 123 Å². The zero-order valence-electron chi connectivity index (χ0n) is 70.0. The first-order valence-corrected chi connectivity index (χ1v) is 42.9. The third kappa shape index (κ3) is 14.7. The second kappa shape index (κ2) is 31.7. The Kier molecular flexibility index (Phi) is 20.6. The molecule has 7 atom stereocenters. The minimum Gasteiger partial charge on any atom is -0.371 e. The van der Waals surface area contributed by atoms with Crippen LogP contribution in [0.25, 0.3) is 50.6 Å². The zero-order chi connectivity index (χ0) is 82.4. The maximum Gasteiger partial charge on any atom is 0.278 e. The first kappa shape index (κ1) is 77.9. The molecule has 4 N–H and O–H groups in total. The lowest BCUT2D eigenvalue weighted by molar-refractivity contribution is 0.387. The number of aromatic nitrogens is 15. The summed E-state index contributed by atoms with van der Waals surface area (Å²) < 4.78 is 10.3. The lowest BCUT2D eigenvalue weighted by Crippen LogP contribution is -2.27. The number of fused-ring (bicyclic) bond motifs is 9. The van der Waals surface area contributed by atoms with Gasteiger partial charge in [-0.2, -0.15) is 15.0 Å². The summed E-state index contributed by atoms with van der Waals surface area (Å²) in [6.45, 7) is 37.5. The Balaban J connectivity index is 0.000000119. The molecule has 6 fully saturated rings. The summed E-state index contributed by atoms with van der Waals surface area (Å²) in [5.74, 6) is 8.32. The molecule has 0 radical (unpaired) electrons. The maximum absolute atomic E-state index is 13.4. The molecule has 0 amide bonds. The Hall–Kier alpha value is -11.9. The molecule has 9 aliphatic rings. The Bertz CT molecular complexity index is 6090. The molecular weight excluding hydrogens is 1500 g/mol. The summed E-state index contributed by atoms with van der Waals surface area (Å²) in [7, 11) is 4.44. The van der Waals surface area contributed by atoms with Crippen molar-refractivity contribution in [2.24, 2.45) is 35.5 Å². The number of likely N-dealkylation sites (tertiary alicyclic amines) is 2. The SMILES string of the molecule is C=CCn1c(=O)c2cnc(Nc3ccc(N4C[C@H]5CN(C)C[C@H]5C4)cc3)nc2n1-c1ccc2c(n1)C(C)(C)CCC2.C=CCn1c(=O)c2cnc(Nc3ccc(N4C[C@H]5CN(C)C[C@H]5C4)cc3)nc2n1-c1ccc2c(n1)C(C)CC2.C=CCn1c(=O)c2cnc(Nc3ccc(N4C[C@H]5CNC[C@H]5C4)cc3)nc2n1-c1ccc2c(n1)C(C)(C)CCC2. The number of nitrogens with zero attached hydrogens (tertiary/aromatic N) is 20. The van der Waals surface area contributed by atoms with Crippen molar-refractivity contribution in [3.8, 4) is 17.5 Å². The fourth-order valence-corrected chi connectivity index (χ4v) is 20.6. The molecule has 0 spiro atoms. The third-order valence-corrected chi connectivity index (χ3v) is 26.8. The van der Waals surface area contributed by atoms with Gasteiger partial charge in [-0.05, 0) is 215 Å². The van der Waals surface area contributed by atoms with Gasteiger partial charge < -0.3 is 45.8 Å². The van der Waals surface area contributed by atoms with E-state index in [-0.39, 0.29) is 27.5 Å². The Labute approximate surface area is 698 Å². The summed E-state index contributed by atoms with van der Waals surface area (Å²) in [4.78, 5) is 95.6. The van der Waals surface area contributed by atoms with Crippen molar-refractivity contribution < 1.29 is 0 Å². The number of aryl methyl sites for hydroxylation is 3. The molecule has 618 valence electrons. The summed E-state index contributed by atoms with van der Waals surface area (Å²) >= 11 is 0. The van der Waals surface area contributed by atoms with Crippen molar-refractivity contribution in [2.45, 2.75) is 122 Å². The van der Waals surface area contributed by atoms with E-state index in [1.54, 1.807) is 50.9 Å². The van der Waals surface area contributed by atoms with Crippen LogP contribution in [0.2, 0.25) is 0 Å². The number of hydrogen-bond acceptors (Lipinski definition) is 21. The van der Waals surface area contributed by atoms with E-state index in [0.717, 1.165) is 173 Å². The highest BCUT2D eigenvalue weighted by molar-refractivity contribution is 5.80. The first-order valence-electron chi connectivity index (χ1n) is 42.9. The normalized spacial score (nSPS) is 21.8. The Morgan fingerprint density at radius 3 is 1.10 bits per heavy atom. The van der Waals surface area contributed by atoms with E-state index in [0.29, 0.717) is 94.0 Å². The van der Waals surface area contributed by atoms with E-state index >= 15 is 0 Å². The second-order valence-electron chi connectivity index (χ2n) is 36.1. The van der Waals surface area contributed by atoms with E-state index in [4.69, 9.17) is 29.9 Å². The highest BCUT2D eigenvalue weighted by Crippen LogP contribution is 2.41. The third-order valence-electron chi connectivity index (χ3n) is 26.8. The molecule has 0 bridgehead atoms. The highest BCUT2D eigenvalue weighted by Gasteiger charge is 2.42.